The number of quaternary nitrogens is 1. The number of phenolic OH excluding ortho intramolecular Hbond substituents is 1. The SMILES string of the molecule is Cc1ccc(O)c(C[N+](C)(C)[O-])c1. The third-order valence-corrected chi connectivity index (χ3v) is 1.79. The van der Waals surface area contributed by atoms with E-state index in [0.717, 1.165) is 5.56 Å². The van der Waals surface area contributed by atoms with Crippen LogP contribution in [0.25, 0.3) is 0 Å². The van der Waals surface area contributed by atoms with Crippen LogP contribution in [0.5, 0.6) is 5.75 Å². The van der Waals surface area contributed by atoms with Crippen molar-refractivity contribution < 1.29 is 9.75 Å². The summed E-state index contributed by atoms with van der Waals surface area (Å²) in [4.78, 5) is 0. The fraction of sp³-hybridized carbons (Fsp3) is 0.400. The Balaban J connectivity index is 2.94. The summed E-state index contributed by atoms with van der Waals surface area (Å²) in [6.45, 7) is 2.24. The largest absolute Gasteiger partial charge is 0.633 e. The highest BCUT2D eigenvalue weighted by Gasteiger charge is 2.08. The molecule has 1 rings (SSSR count). The summed E-state index contributed by atoms with van der Waals surface area (Å²) in [7, 11) is 3.11. The monoisotopic (exact) mass is 181 g/mol. The summed E-state index contributed by atoms with van der Waals surface area (Å²) in [6.07, 6.45) is 0. The molecule has 0 heterocycles. The van der Waals surface area contributed by atoms with Gasteiger partial charge in [0.2, 0.25) is 0 Å². The Hall–Kier alpha value is -1.06. The normalized spacial score (nSPS) is 11.7. The second-order valence-electron chi connectivity index (χ2n) is 3.86. The maximum absolute atomic E-state index is 11.4. The molecule has 0 saturated carbocycles. The molecular weight excluding hydrogens is 166 g/mol. The first-order chi connectivity index (χ1) is 5.88. The van der Waals surface area contributed by atoms with Crippen molar-refractivity contribution in [2.24, 2.45) is 0 Å². The number of rotatable bonds is 2. The highest BCUT2D eigenvalue weighted by atomic mass is 16.5. The molecule has 0 aliphatic carbocycles. The molecule has 72 valence electrons. The average Bonchev–Trinajstić information content (AvgIpc) is 1.94. The Morgan fingerprint density at radius 2 is 2.00 bits per heavy atom. The summed E-state index contributed by atoms with van der Waals surface area (Å²) in [5.41, 5.74) is 1.77. The number of hydrogen-bond acceptors (Lipinski definition) is 2. The van der Waals surface area contributed by atoms with Gasteiger partial charge in [0.25, 0.3) is 0 Å². The van der Waals surface area contributed by atoms with Gasteiger partial charge in [-0.15, -0.1) is 0 Å². The van der Waals surface area contributed by atoms with Crippen molar-refractivity contribution in [2.45, 2.75) is 13.5 Å². The highest BCUT2D eigenvalue weighted by Crippen LogP contribution is 2.20. The maximum atomic E-state index is 11.4. The van der Waals surface area contributed by atoms with E-state index in [0.29, 0.717) is 12.1 Å². The minimum Gasteiger partial charge on any atom is -0.633 e. The molecule has 0 aliphatic heterocycles. The molecule has 0 aliphatic rings. The minimum absolute atomic E-state index is 0.202. The van der Waals surface area contributed by atoms with Gasteiger partial charge in [-0.1, -0.05) is 11.6 Å². The Kier molecular flexibility index (Phi) is 2.59. The number of hydroxylamine groups is 3. The van der Waals surface area contributed by atoms with Gasteiger partial charge in [0.15, 0.2) is 0 Å². The minimum atomic E-state index is -0.420. The summed E-state index contributed by atoms with van der Waals surface area (Å²) in [5, 5.41) is 20.8. The lowest BCUT2D eigenvalue weighted by molar-refractivity contribution is -0.853. The first-order valence-electron chi connectivity index (χ1n) is 4.21. The zero-order chi connectivity index (χ0) is 10.1. The molecule has 0 bridgehead atoms. The van der Waals surface area contributed by atoms with Crippen molar-refractivity contribution in [3.05, 3.63) is 34.5 Å². The molecule has 0 atom stereocenters. The standard InChI is InChI=1S/C10H15NO2/c1-8-4-5-10(12)9(6-8)7-11(2,3)13/h4-6,12H,7H2,1-3H3. The van der Waals surface area contributed by atoms with Gasteiger partial charge >= 0.3 is 0 Å². The highest BCUT2D eigenvalue weighted by molar-refractivity contribution is 5.35. The molecule has 13 heavy (non-hydrogen) atoms. The predicted molar refractivity (Wildman–Crippen MR) is 52.0 cm³/mol. The van der Waals surface area contributed by atoms with E-state index < -0.39 is 4.65 Å². The van der Waals surface area contributed by atoms with Crippen LogP contribution in [-0.4, -0.2) is 23.8 Å². The van der Waals surface area contributed by atoms with E-state index in [1.807, 2.05) is 19.1 Å². The van der Waals surface area contributed by atoms with Crippen LogP contribution in [0, 0.1) is 12.1 Å². The third-order valence-electron chi connectivity index (χ3n) is 1.79. The van der Waals surface area contributed by atoms with Crippen LogP contribution in [0.15, 0.2) is 18.2 Å². The second-order valence-corrected chi connectivity index (χ2v) is 3.86. The van der Waals surface area contributed by atoms with Crippen molar-refractivity contribution in [1.82, 2.24) is 0 Å². The summed E-state index contributed by atoms with van der Waals surface area (Å²) in [5.74, 6) is 0.202. The van der Waals surface area contributed by atoms with Crippen LogP contribution >= 0.6 is 0 Å². The molecule has 0 radical (unpaired) electrons. The lowest BCUT2D eigenvalue weighted by Crippen LogP contribution is -2.31. The summed E-state index contributed by atoms with van der Waals surface area (Å²) in [6, 6.07) is 5.29. The Bertz CT molecular complexity index is 302. The molecule has 3 nitrogen and oxygen atoms in total. The van der Waals surface area contributed by atoms with Crippen LogP contribution in [0.1, 0.15) is 11.1 Å². The molecule has 1 N–H and O–H groups in total. The average molecular weight is 181 g/mol. The molecule has 1 aromatic carbocycles. The van der Waals surface area contributed by atoms with E-state index >= 15 is 0 Å². The topological polar surface area (TPSA) is 43.3 Å². The third kappa shape index (κ3) is 3.05. The van der Waals surface area contributed by atoms with Crippen LogP contribution in [0.2, 0.25) is 0 Å². The van der Waals surface area contributed by atoms with Crippen molar-refractivity contribution in [3.8, 4) is 5.75 Å². The van der Waals surface area contributed by atoms with Gasteiger partial charge in [0.05, 0.1) is 14.1 Å². The van der Waals surface area contributed by atoms with Crippen molar-refractivity contribution in [1.29, 1.82) is 0 Å². The number of aromatic hydroxyl groups is 1. The lowest BCUT2D eigenvalue weighted by atomic mass is 10.1. The van der Waals surface area contributed by atoms with Crippen LogP contribution in [0.4, 0.5) is 0 Å². The van der Waals surface area contributed by atoms with Gasteiger partial charge in [-0.2, -0.15) is 0 Å². The van der Waals surface area contributed by atoms with Gasteiger partial charge in [-0.25, -0.2) is 0 Å². The zero-order valence-electron chi connectivity index (χ0n) is 8.24. The zero-order valence-corrected chi connectivity index (χ0v) is 8.24. The second kappa shape index (κ2) is 3.36. The molecule has 0 aromatic heterocycles. The fourth-order valence-electron chi connectivity index (χ4n) is 1.25. The van der Waals surface area contributed by atoms with E-state index in [-0.39, 0.29) is 5.75 Å². The Morgan fingerprint density at radius 3 is 2.54 bits per heavy atom. The Labute approximate surface area is 78.4 Å². The predicted octanol–water partition coefficient (Wildman–Crippen LogP) is 1.77. The molecule has 0 amide bonds. The van der Waals surface area contributed by atoms with Gasteiger partial charge in [-0.05, 0) is 19.1 Å². The van der Waals surface area contributed by atoms with Gasteiger partial charge < -0.3 is 15.0 Å². The molecule has 3 heteroatoms. The van der Waals surface area contributed by atoms with Crippen LogP contribution < -0.4 is 0 Å². The van der Waals surface area contributed by atoms with E-state index in [4.69, 9.17) is 0 Å². The number of aryl methyl sites for hydroxylation is 1. The van der Waals surface area contributed by atoms with E-state index in [1.165, 1.54) is 0 Å². The first-order valence-corrected chi connectivity index (χ1v) is 4.21. The molecular formula is C10H15NO2. The number of hydrogen-bond donors (Lipinski definition) is 1. The summed E-state index contributed by atoms with van der Waals surface area (Å²) >= 11 is 0. The lowest BCUT2D eigenvalue weighted by Gasteiger charge is -2.33. The van der Waals surface area contributed by atoms with Crippen molar-refractivity contribution in [2.75, 3.05) is 14.1 Å². The van der Waals surface area contributed by atoms with Gasteiger partial charge in [0.1, 0.15) is 12.3 Å². The maximum Gasteiger partial charge on any atom is 0.124 e. The number of nitrogens with zero attached hydrogens (tertiary/aromatic N) is 1. The van der Waals surface area contributed by atoms with E-state index in [9.17, 15) is 10.3 Å². The van der Waals surface area contributed by atoms with Crippen LogP contribution in [0.3, 0.4) is 0 Å². The molecule has 1 aromatic rings. The fourth-order valence-corrected chi connectivity index (χ4v) is 1.25. The number of phenols is 1. The van der Waals surface area contributed by atoms with E-state index in [2.05, 4.69) is 0 Å². The van der Waals surface area contributed by atoms with E-state index in [1.54, 1.807) is 20.2 Å². The van der Waals surface area contributed by atoms with Crippen LogP contribution in [-0.2, 0) is 6.54 Å². The summed E-state index contributed by atoms with van der Waals surface area (Å²) < 4.78 is -0.420. The molecule has 0 spiro atoms. The van der Waals surface area contributed by atoms with Crippen molar-refractivity contribution in [3.63, 3.8) is 0 Å². The molecule has 0 fully saturated rings. The Morgan fingerprint density at radius 1 is 1.38 bits per heavy atom. The molecule has 0 unspecified atom stereocenters. The first kappa shape index (κ1) is 10.0. The smallest absolute Gasteiger partial charge is 0.124 e. The number of benzene rings is 1. The molecule has 0 saturated heterocycles. The van der Waals surface area contributed by atoms with Gasteiger partial charge in [-0.3, -0.25) is 0 Å². The quantitative estimate of drug-likeness (QED) is 0.558. The van der Waals surface area contributed by atoms with Crippen molar-refractivity contribution >= 4 is 0 Å². The van der Waals surface area contributed by atoms with Gasteiger partial charge in [0, 0.05) is 5.56 Å².